The minimum atomic E-state index is -1.20. The van der Waals surface area contributed by atoms with Gasteiger partial charge in [-0.3, -0.25) is 9.89 Å². The van der Waals surface area contributed by atoms with Crippen molar-refractivity contribution in [2.75, 3.05) is 6.54 Å². The molecule has 7 nitrogen and oxygen atoms in total. The molecule has 130 valence electrons. The lowest BCUT2D eigenvalue weighted by atomic mass is 10.1. The van der Waals surface area contributed by atoms with E-state index in [1.54, 1.807) is 6.07 Å². The molecule has 3 N–H and O–H groups in total. The molecular weight excluding hydrogens is 310 g/mol. The molecule has 0 saturated carbocycles. The molecule has 24 heavy (non-hydrogen) atoms. The van der Waals surface area contributed by atoms with Gasteiger partial charge >= 0.3 is 12.0 Å². The number of rotatable bonds is 8. The number of carbonyl (C=O) groups excluding carboxylic acids is 1. The molecular formula is C17H23N3O4. The van der Waals surface area contributed by atoms with Crippen LogP contribution in [0, 0.1) is 0 Å². The highest BCUT2D eigenvalue weighted by Gasteiger charge is 2.18. The molecule has 1 aromatic carbocycles. The largest absolute Gasteiger partial charge is 0.478 e. The number of carboxylic acid groups (broad SMARTS) is 1. The summed E-state index contributed by atoms with van der Waals surface area (Å²) in [4.78, 5) is 35.6. The van der Waals surface area contributed by atoms with Gasteiger partial charge in [-0.05, 0) is 18.6 Å². The first kappa shape index (κ1) is 17.8. The number of amides is 1. The lowest BCUT2D eigenvalue weighted by Crippen LogP contribution is -2.36. The van der Waals surface area contributed by atoms with Crippen LogP contribution in [0.25, 0.3) is 10.9 Å². The Hall–Kier alpha value is -2.57. The van der Waals surface area contributed by atoms with E-state index in [1.807, 2.05) is 0 Å². The number of hydrogen-bond acceptors (Lipinski definition) is 3. The van der Waals surface area contributed by atoms with Crippen molar-refractivity contribution in [3.05, 3.63) is 34.1 Å². The highest BCUT2D eigenvalue weighted by molar-refractivity contribution is 6.02. The second-order valence-electron chi connectivity index (χ2n) is 5.79. The Morgan fingerprint density at radius 2 is 1.88 bits per heavy atom. The third-order valence-electron chi connectivity index (χ3n) is 3.95. The van der Waals surface area contributed by atoms with Crippen LogP contribution in [-0.4, -0.2) is 33.4 Å². The molecule has 0 radical (unpaired) electrons. The Balaban J connectivity index is 2.00. The second kappa shape index (κ2) is 8.33. The standard InChI is InChI=1S/C17H23N3O4/c1-2-3-4-5-6-7-11-18-17(24)20-15(21)14-12(16(22)23)9-8-10-13(14)19-20/h8-10,19H,2-7,11H2,1H3,(H,18,24)(H,22,23). The third kappa shape index (κ3) is 4.04. The van der Waals surface area contributed by atoms with Crippen molar-refractivity contribution in [2.24, 2.45) is 0 Å². The maximum Gasteiger partial charge on any atom is 0.343 e. The topological polar surface area (TPSA) is 104 Å². The Morgan fingerprint density at radius 3 is 2.58 bits per heavy atom. The number of H-pyrrole nitrogens is 1. The summed E-state index contributed by atoms with van der Waals surface area (Å²) in [6.45, 7) is 2.65. The fraction of sp³-hybridized carbons (Fsp3) is 0.471. The van der Waals surface area contributed by atoms with Gasteiger partial charge in [0.25, 0.3) is 5.56 Å². The zero-order valence-electron chi connectivity index (χ0n) is 13.8. The second-order valence-corrected chi connectivity index (χ2v) is 5.79. The van der Waals surface area contributed by atoms with E-state index in [-0.39, 0.29) is 10.9 Å². The van der Waals surface area contributed by atoms with Crippen LogP contribution in [0.3, 0.4) is 0 Å². The van der Waals surface area contributed by atoms with E-state index in [9.17, 15) is 14.4 Å². The molecule has 0 bridgehead atoms. The molecule has 7 heteroatoms. The monoisotopic (exact) mass is 333 g/mol. The normalized spacial score (nSPS) is 10.9. The number of unbranched alkanes of at least 4 members (excludes halogenated alkanes) is 5. The third-order valence-corrected chi connectivity index (χ3v) is 3.95. The van der Waals surface area contributed by atoms with Gasteiger partial charge < -0.3 is 10.4 Å². The van der Waals surface area contributed by atoms with Crippen molar-refractivity contribution in [1.82, 2.24) is 15.1 Å². The quantitative estimate of drug-likeness (QED) is 0.646. The van der Waals surface area contributed by atoms with Crippen molar-refractivity contribution < 1.29 is 14.7 Å². The Labute approximate surface area is 139 Å². The molecule has 2 aromatic rings. The van der Waals surface area contributed by atoms with Gasteiger partial charge in [0.15, 0.2) is 0 Å². The molecule has 1 aromatic heterocycles. The number of nitrogens with zero attached hydrogens (tertiary/aromatic N) is 1. The number of carbonyl (C=O) groups is 2. The lowest BCUT2D eigenvalue weighted by molar-refractivity contribution is 0.0699. The summed E-state index contributed by atoms with van der Waals surface area (Å²) >= 11 is 0. The summed E-state index contributed by atoms with van der Waals surface area (Å²) in [5, 5.41) is 14.5. The number of carboxylic acids is 1. The highest BCUT2D eigenvalue weighted by Crippen LogP contribution is 2.13. The van der Waals surface area contributed by atoms with Gasteiger partial charge in [0, 0.05) is 6.54 Å². The first-order valence-corrected chi connectivity index (χ1v) is 8.31. The molecule has 0 atom stereocenters. The van der Waals surface area contributed by atoms with Crippen LogP contribution in [0.2, 0.25) is 0 Å². The van der Waals surface area contributed by atoms with E-state index in [4.69, 9.17) is 5.11 Å². The van der Waals surface area contributed by atoms with Gasteiger partial charge in [-0.2, -0.15) is 4.68 Å². The fourth-order valence-electron chi connectivity index (χ4n) is 2.66. The highest BCUT2D eigenvalue weighted by atomic mass is 16.4. The molecule has 0 aliphatic heterocycles. The summed E-state index contributed by atoms with van der Waals surface area (Å²) in [5.74, 6) is -1.20. The van der Waals surface area contributed by atoms with E-state index in [0.29, 0.717) is 12.1 Å². The van der Waals surface area contributed by atoms with E-state index >= 15 is 0 Å². The van der Waals surface area contributed by atoms with Crippen LogP contribution < -0.4 is 10.9 Å². The molecule has 0 spiro atoms. The van der Waals surface area contributed by atoms with Gasteiger partial charge in [-0.1, -0.05) is 45.1 Å². The molecule has 0 aliphatic rings. The van der Waals surface area contributed by atoms with Gasteiger partial charge in [0.1, 0.15) is 0 Å². The van der Waals surface area contributed by atoms with Crippen molar-refractivity contribution >= 4 is 22.9 Å². The average molecular weight is 333 g/mol. The van der Waals surface area contributed by atoms with Gasteiger partial charge in [-0.15, -0.1) is 0 Å². The first-order valence-electron chi connectivity index (χ1n) is 8.31. The molecule has 0 saturated heterocycles. The summed E-state index contributed by atoms with van der Waals surface area (Å²) in [7, 11) is 0. The Morgan fingerprint density at radius 1 is 1.17 bits per heavy atom. The molecule has 0 fully saturated rings. The number of aromatic nitrogens is 2. The van der Waals surface area contributed by atoms with Crippen LogP contribution in [0.4, 0.5) is 4.79 Å². The van der Waals surface area contributed by atoms with Crippen molar-refractivity contribution in [2.45, 2.75) is 45.4 Å². The van der Waals surface area contributed by atoms with E-state index < -0.39 is 17.6 Å². The zero-order valence-corrected chi connectivity index (χ0v) is 13.8. The number of hydrogen-bond donors (Lipinski definition) is 3. The van der Waals surface area contributed by atoms with Gasteiger partial charge in [-0.25, -0.2) is 9.59 Å². The van der Waals surface area contributed by atoms with Crippen LogP contribution in [0.1, 0.15) is 55.8 Å². The van der Waals surface area contributed by atoms with Crippen molar-refractivity contribution in [1.29, 1.82) is 0 Å². The van der Waals surface area contributed by atoms with E-state index in [0.717, 1.165) is 23.9 Å². The maximum absolute atomic E-state index is 12.3. The SMILES string of the molecule is CCCCCCCCNC(=O)n1[nH]c2cccc(C(=O)O)c2c1=O. The average Bonchev–Trinajstić information content (AvgIpc) is 2.91. The predicted octanol–water partition coefficient (Wildman–Crippen LogP) is 2.95. The van der Waals surface area contributed by atoms with Crippen LogP contribution in [-0.2, 0) is 0 Å². The lowest BCUT2D eigenvalue weighted by Gasteiger charge is -2.04. The van der Waals surface area contributed by atoms with E-state index in [2.05, 4.69) is 17.3 Å². The fourth-order valence-corrected chi connectivity index (χ4v) is 2.66. The summed E-state index contributed by atoms with van der Waals surface area (Å²) < 4.78 is 0.828. The number of aromatic amines is 1. The van der Waals surface area contributed by atoms with Gasteiger partial charge in [0.05, 0.1) is 16.5 Å². The Kier molecular flexibility index (Phi) is 6.17. The first-order chi connectivity index (χ1) is 11.6. The van der Waals surface area contributed by atoms with Crippen LogP contribution in [0.5, 0.6) is 0 Å². The zero-order chi connectivity index (χ0) is 17.5. The molecule has 1 amide bonds. The number of fused-ring (bicyclic) bond motifs is 1. The van der Waals surface area contributed by atoms with Crippen LogP contribution in [0.15, 0.2) is 23.0 Å². The molecule has 0 aliphatic carbocycles. The van der Waals surface area contributed by atoms with Crippen LogP contribution >= 0.6 is 0 Å². The van der Waals surface area contributed by atoms with Gasteiger partial charge in [0.2, 0.25) is 0 Å². The number of aromatic carboxylic acids is 1. The molecule has 2 rings (SSSR count). The summed E-state index contributed by atoms with van der Waals surface area (Å²) in [6, 6.07) is 3.88. The minimum Gasteiger partial charge on any atom is -0.478 e. The minimum absolute atomic E-state index is 0.0136. The van der Waals surface area contributed by atoms with E-state index in [1.165, 1.54) is 31.4 Å². The predicted molar refractivity (Wildman–Crippen MR) is 91.7 cm³/mol. The van der Waals surface area contributed by atoms with Crippen molar-refractivity contribution in [3.8, 4) is 0 Å². The molecule has 1 heterocycles. The number of benzene rings is 1. The summed E-state index contributed by atoms with van der Waals surface area (Å²) in [5.41, 5.74) is -0.436. The molecule has 0 unspecified atom stereocenters. The van der Waals surface area contributed by atoms with Crippen molar-refractivity contribution in [3.63, 3.8) is 0 Å². The summed E-state index contributed by atoms with van der Waals surface area (Å²) in [6.07, 6.45) is 6.64. The Bertz CT molecular complexity index is 776. The maximum atomic E-state index is 12.3. The smallest absolute Gasteiger partial charge is 0.343 e. The number of nitrogens with one attached hydrogen (secondary N) is 2.